The van der Waals surface area contributed by atoms with Gasteiger partial charge in [-0.05, 0) is 45.3 Å². The molecule has 0 bridgehead atoms. The molecule has 5 heteroatoms. The third-order valence-electron chi connectivity index (χ3n) is 2.59. The van der Waals surface area contributed by atoms with Gasteiger partial charge in [-0.1, -0.05) is 12.1 Å². The second-order valence-corrected chi connectivity index (χ2v) is 5.12. The number of pyridine rings is 1. The first-order valence-corrected chi connectivity index (χ1v) is 6.63. The Morgan fingerprint density at radius 1 is 1.21 bits per heavy atom. The van der Waals surface area contributed by atoms with Crippen molar-refractivity contribution < 1.29 is 4.79 Å². The zero-order valence-corrected chi connectivity index (χ0v) is 11.9. The molecule has 0 aliphatic carbocycles. The van der Waals surface area contributed by atoms with E-state index in [4.69, 9.17) is 5.73 Å². The lowest BCUT2D eigenvalue weighted by Gasteiger charge is -2.07. The van der Waals surface area contributed by atoms with E-state index in [9.17, 15) is 4.79 Å². The topological polar surface area (TPSA) is 68.0 Å². The maximum atomic E-state index is 10.8. The molecule has 0 aliphatic heterocycles. The molecular weight excluding hydrogens is 306 g/mol. The number of anilines is 1. The number of nitrogens with one attached hydrogen (secondary N) is 1. The van der Waals surface area contributed by atoms with Gasteiger partial charge in [-0.25, -0.2) is 0 Å². The van der Waals surface area contributed by atoms with Crippen molar-refractivity contribution in [1.29, 1.82) is 0 Å². The Balaban J connectivity index is 1.94. The largest absolute Gasteiger partial charge is 0.381 e. The number of amides is 1. The number of nitrogens with two attached hydrogens (primary N) is 1. The fourth-order valence-corrected chi connectivity index (χ4v) is 2.11. The first-order valence-electron chi connectivity index (χ1n) is 5.84. The number of halogens is 1. The lowest BCUT2D eigenvalue weighted by Crippen LogP contribution is -2.13. The minimum atomic E-state index is -0.319. The van der Waals surface area contributed by atoms with Crippen LogP contribution in [-0.2, 0) is 17.8 Å². The van der Waals surface area contributed by atoms with Crippen molar-refractivity contribution in [3.05, 3.63) is 58.3 Å². The summed E-state index contributed by atoms with van der Waals surface area (Å²) < 4.78 is 0.962. The van der Waals surface area contributed by atoms with Crippen LogP contribution in [0.5, 0.6) is 0 Å². The van der Waals surface area contributed by atoms with Gasteiger partial charge in [0.05, 0.1) is 6.42 Å². The van der Waals surface area contributed by atoms with Crippen molar-refractivity contribution >= 4 is 27.5 Å². The fourth-order valence-electron chi connectivity index (χ4n) is 1.70. The van der Waals surface area contributed by atoms with E-state index in [0.29, 0.717) is 6.54 Å². The number of nitrogens with zero attached hydrogens (tertiary/aromatic N) is 1. The van der Waals surface area contributed by atoms with Crippen molar-refractivity contribution in [2.45, 2.75) is 13.0 Å². The number of rotatable bonds is 5. The molecule has 0 unspecified atom stereocenters. The molecular formula is C14H14BrN3O. The highest BCUT2D eigenvalue weighted by molar-refractivity contribution is 9.10. The van der Waals surface area contributed by atoms with E-state index in [2.05, 4.69) is 26.2 Å². The molecule has 4 nitrogen and oxygen atoms in total. The third kappa shape index (κ3) is 4.37. The molecule has 1 aromatic carbocycles. The normalized spacial score (nSPS) is 10.2. The summed E-state index contributed by atoms with van der Waals surface area (Å²) in [4.78, 5) is 14.9. The molecule has 1 amide bonds. The molecule has 0 saturated carbocycles. The molecule has 0 fully saturated rings. The summed E-state index contributed by atoms with van der Waals surface area (Å²) in [6.45, 7) is 0.696. The standard InChI is InChI=1S/C14H14BrN3O/c15-12-5-11(7-17-9-12)8-18-13-3-1-10(2-4-13)6-14(16)19/h1-5,7,9,18H,6,8H2,(H2,16,19). The lowest BCUT2D eigenvalue weighted by atomic mass is 10.1. The van der Waals surface area contributed by atoms with Gasteiger partial charge in [0.15, 0.2) is 0 Å². The van der Waals surface area contributed by atoms with Gasteiger partial charge >= 0.3 is 0 Å². The summed E-state index contributed by atoms with van der Waals surface area (Å²) in [5.74, 6) is -0.319. The Morgan fingerprint density at radius 3 is 2.58 bits per heavy atom. The molecule has 0 radical (unpaired) electrons. The van der Waals surface area contributed by atoms with Crippen LogP contribution < -0.4 is 11.1 Å². The minimum absolute atomic E-state index is 0.274. The number of primary amides is 1. The van der Waals surface area contributed by atoms with E-state index in [1.54, 1.807) is 6.20 Å². The lowest BCUT2D eigenvalue weighted by molar-refractivity contribution is -0.117. The molecule has 98 valence electrons. The predicted octanol–water partition coefficient (Wildman–Crippen LogP) is 2.48. The number of aromatic nitrogens is 1. The minimum Gasteiger partial charge on any atom is -0.381 e. The summed E-state index contributed by atoms with van der Waals surface area (Å²) in [6, 6.07) is 9.67. The Morgan fingerprint density at radius 2 is 1.95 bits per heavy atom. The average molecular weight is 320 g/mol. The molecule has 0 saturated heterocycles. The van der Waals surface area contributed by atoms with Crippen LogP contribution in [0.25, 0.3) is 0 Å². The number of carbonyl (C=O) groups is 1. The van der Waals surface area contributed by atoms with Crippen molar-refractivity contribution in [3.63, 3.8) is 0 Å². The summed E-state index contributed by atoms with van der Waals surface area (Å²) in [5, 5.41) is 3.29. The predicted molar refractivity (Wildman–Crippen MR) is 78.6 cm³/mol. The van der Waals surface area contributed by atoms with E-state index in [1.807, 2.05) is 36.5 Å². The molecule has 2 rings (SSSR count). The van der Waals surface area contributed by atoms with Crippen molar-refractivity contribution in [2.75, 3.05) is 5.32 Å². The molecule has 3 N–H and O–H groups in total. The van der Waals surface area contributed by atoms with Gasteiger partial charge in [-0.3, -0.25) is 9.78 Å². The van der Waals surface area contributed by atoms with Crippen LogP contribution in [-0.4, -0.2) is 10.9 Å². The van der Waals surface area contributed by atoms with Crippen LogP contribution in [0.2, 0.25) is 0 Å². The first kappa shape index (κ1) is 13.5. The summed E-state index contributed by atoms with van der Waals surface area (Å²) in [6.07, 6.45) is 3.84. The highest BCUT2D eigenvalue weighted by atomic mass is 79.9. The number of benzene rings is 1. The summed E-state index contributed by atoms with van der Waals surface area (Å²) in [7, 11) is 0. The highest BCUT2D eigenvalue weighted by Gasteiger charge is 1.99. The van der Waals surface area contributed by atoms with Crippen LogP contribution in [0.4, 0.5) is 5.69 Å². The first-order chi connectivity index (χ1) is 9.13. The molecule has 19 heavy (non-hydrogen) atoms. The highest BCUT2D eigenvalue weighted by Crippen LogP contribution is 2.13. The Hall–Kier alpha value is -1.88. The van der Waals surface area contributed by atoms with Crippen molar-refractivity contribution in [1.82, 2.24) is 4.98 Å². The summed E-state index contributed by atoms with van der Waals surface area (Å²) in [5.41, 5.74) is 8.15. The zero-order chi connectivity index (χ0) is 13.7. The van der Waals surface area contributed by atoms with E-state index in [-0.39, 0.29) is 12.3 Å². The van der Waals surface area contributed by atoms with Gasteiger partial charge in [0, 0.05) is 29.1 Å². The second kappa shape index (κ2) is 6.33. The average Bonchev–Trinajstić information content (AvgIpc) is 2.37. The van der Waals surface area contributed by atoms with Gasteiger partial charge in [-0.15, -0.1) is 0 Å². The number of hydrogen-bond acceptors (Lipinski definition) is 3. The van der Waals surface area contributed by atoms with E-state index in [0.717, 1.165) is 21.3 Å². The van der Waals surface area contributed by atoms with E-state index >= 15 is 0 Å². The van der Waals surface area contributed by atoms with Gasteiger partial charge in [-0.2, -0.15) is 0 Å². The van der Waals surface area contributed by atoms with E-state index < -0.39 is 0 Å². The molecule has 2 aromatic rings. The van der Waals surface area contributed by atoms with Gasteiger partial charge < -0.3 is 11.1 Å². The van der Waals surface area contributed by atoms with Crippen LogP contribution in [0.15, 0.2) is 47.2 Å². The number of hydrogen-bond donors (Lipinski definition) is 2. The Bertz CT molecular complexity index is 569. The maximum Gasteiger partial charge on any atom is 0.221 e. The number of carbonyl (C=O) groups excluding carboxylic acids is 1. The quantitative estimate of drug-likeness (QED) is 0.889. The van der Waals surface area contributed by atoms with Gasteiger partial charge in [0.25, 0.3) is 0 Å². The third-order valence-corrected chi connectivity index (χ3v) is 3.02. The summed E-state index contributed by atoms with van der Waals surface area (Å²) >= 11 is 3.39. The molecule has 1 aromatic heterocycles. The maximum absolute atomic E-state index is 10.8. The van der Waals surface area contributed by atoms with Gasteiger partial charge in [0.2, 0.25) is 5.91 Å². The monoisotopic (exact) mass is 319 g/mol. The van der Waals surface area contributed by atoms with E-state index in [1.165, 1.54) is 0 Å². The smallest absolute Gasteiger partial charge is 0.221 e. The molecule has 0 atom stereocenters. The van der Waals surface area contributed by atoms with Crippen LogP contribution in [0, 0.1) is 0 Å². The zero-order valence-electron chi connectivity index (χ0n) is 10.3. The second-order valence-electron chi connectivity index (χ2n) is 4.20. The molecule has 1 heterocycles. The Kier molecular flexibility index (Phi) is 4.52. The van der Waals surface area contributed by atoms with Crippen molar-refractivity contribution in [3.8, 4) is 0 Å². The molecule has 0 spiro atoms. The fraction of sp³-hybridized carbons (Fsp3) is 0.143. The van der Waals surface area contributed by atoms with Crippen LogP contribution >= 0.6 is 15.9 Å². The SMILES string of the molecule is NC(=O)Cc1ccc(NCc2cncc(Br)c2)cc1. The Labute approximate surface area is 120 Å². The van der Waals surface area contributed by atoms with Gasteiger partial charge in [0.1, 0.15) is 0 Å². The van der Waals surface area contributed by atoms with Crippen LogP contribution in [0.1, 0.15) is 11.1 Å². The van der Waals surface area contributed by atoms with Crippen molar-refractivity contribution in [2.24, 2.45) is 5.73 Å². The van der Waals surface area contributed by atoms with Crippen LogP contribution in [0.3, 0.4) is 0 Å². The molecule has 0 aliphatic rings.